The molecule has 0 saturated heterocycles. The van der Waals surface area contributed by atoms with Gasteiger partial charge in [0.25, 0.3) is 5.91 Å². The minimum atomic E-state index is -4.58. The van der Waals surface area contributed by atoms with Gasteiger partial charge in [-0.05, 0) is 62.4 Å². The second kappa shape index (κ2) is 7.92. The van der Waals surface area contributed by atoms with E-state index in [1.165, 1.54) is 6.07 Å². The molecule has 5 rings (SSSR count). The number of benzene rings is 1. The van der Waals surface area contributed by atoms with Gasteiger partial charge in [0.1, 0.15) is 0 Å². The Hall–Kier alpha value is -2.87. The Morgan fingerprint density at radius 1 is 1.16 bits per heavy atom. The average molecular weight is 461 g/mol. The normalized spacial score (nSPS) is 18.3. The van der Waals surface area contributed by atoms with Gasteiger partial charge in [-0.2, -0.15) is 18.3 Å². The highest BCUT2D eigenvalue weighted by atomic mass is 35.5. The Morgan fingerprint density at radius 3 is 2.72 bits per heavy atom. The molecule has 166 valence electrons. The third kappa shape index (κ3) is 4.24. The molecule has 0 bridgehead atoms. The number of hydrogen-bond acceptors (Lipinski definition) is 3. The highest BCUT2D eigenvalue weighted by Crippen LogP contribution is 2.39. The Labute approximate surface area is 187 Å². The molecule has 1 amide bonds. The minimum Gasteiger partial charge on any atom is -0.345 e. The third-order valence-corrected chi connectivity index (χ3v) is 6.14. The number of amides is 1. The molecule has 2 aliphatic carbocycles. The van der Waals surface area contributed by atoms with Crippen LogP contribution in [-0.4, -0.2) is 20.7 Å². The van der Waals surface area contributed by atoms with E-state index in [1.807, 2.05) is 18.3 Å². The number of fused-ring (bicyclic) bond motifs is 1. The summed E-state index contributed by atoms with van der Waals surface area (Å²) in [6.45, 7) is 0. The van der Waals surface area contributed by atoms with E-state index < -0.39 is 17.6 Å². The number of nitrogens with zero attached hydrogens (tertiary/aromatic N) is 3. The molecule has 1 atom stereocenters. The SMILES string of the molecule is O=C(N[C@H]1CCCc2nn(-c3ccnc(C4CC4)c3)cc21)c1cc(Cl)cc(C(F)(F)F)c1. The van der Waals surface area contributed by atoms with Crippen molar-refractivity contribution in [3.63, 3.8) is 0 Å². The van der Waals surface area contributed by atoms with Crippen LogP contribution >= 0.6 is 11.6 Å². The summed E-state index contributed by atoms with van der Waals surface area (Å²) in [6.07, 6.45) is 3.68. The number of pyridine rings is 1. The summed E-state index contributed by atoms with van der Waals surface area (Å²) in [5.41, 5.74) is 2.66. The molecule has 1 aromatic carbocycles. The first-order chi connectivity index (χ1) is 15.3. The number of rotatable bonds is 4. The lowest BCUT2D eigenvalue weighted by atomic mass is 9.93. The lowest BCUT2D eigenvalue weighted by Gasteiger charge is -2.23. The third-order valence-electron chi connectivity index (χ3n) is 5.92. The van der Waals surface area contributed by atoms with Crippen molar-refractivity contribution in [2.75, 3.05) is 0 Å². The summed E-state index contributed by atoms with van der Waals surface area (Å²) < 4.78 is 41.1. The Kier molecular flexibility index (Phi) is 5.20. The van der Waals surface area contributed by atoms with Crippen LogP contribution in [0.4, 0.5) is 13.2 Å². The molecule has 0 unspecified atom stereocenters. The minimum absolute atomic E-state index is 0.118. The zero-order chi connectivity index (χ0) is 22.5. The second-order valence-corrected chi connectivity index (χ2v) is 8.77. The van der Waals surface area contributed by atoms with E-state index in [0.29, 0.717) is 12.3 Å². The molecule has 3 aromatic rings. The van der Waals surface area contributed by atoms with Gasteiger partial charge in [0.15, 0.2) is 0 Å². The van der Waals surface area contributed by atoms with Crippen LogP contribution < -0.4 is 5.32 Å². The molecule has 1 fully saturated rings. The highest BCUT2D eigenvalue weighted by molar-refractivity contribution is 6.31. The number of hydrogen-bond donors (Lipinski definition) is 1. The molecule has 5 nitrogen and oxygen atoms in total. The van der Waals surface area contributed by atoms with Crippen LogP contribution in [0.5, 0.6) is 0 Å². The van der Waals surface area contributed by atoms with Crippen molar-refractivity contribution in [1.82, 2.24) is 20.1 Å². The lowest BCUT2D eigenvalue weighted by Crippen LogP contribution is -2.30. The number of halogens is 4. The highest BCUT2D eigenvalue weighted by Gasteiger charge is 2.32. The quantitative estimate of drug-likeness (QED) is 0.549. The van der Waals surface area contributed by atoms with Gasteiger partial charge in [-0.15, -0.1) is 0 Å². The predicted octanol–water partition coefficient (Wildman–Crippen LogP) is 5.62. The maximum absolute atomic E-state index is 13.1. The van der Waals surface area contributed by atoms with Crippen molar-refractivity contribution in [3.8, 4) is 5.69 Å². The van der Waals surface area contributed by atoms with Crippen LogP contribution in [0.2, 0.25) is 5.02 Å². The summed E-state index contributed by atoms with van der Waals surface area (Å²) in [6, 6.07) is 6.47. The van der Waals surface area contributed by atoms with Crippen LogP contribution in [0.15, 0.2) is 42.7 Å². The zero-order valence-corrected chi connectivity index (χ0v) is 17.7. The van der Waals surface area contributed by atoms with Crippen LogP contribution in [0.1, 0.15) is 70.5 Å². The van der Waals surface area contributed by atoms with Gasteiger partial charge in [-0.1, -0.05) is 11.6 Å². The van der Waals surface area contributed by atoms with E-state index in [1.54, 1.807) is 10.9 Å². The molecule has 1 N–H and O–H groups in total. The van der Waals surface area contributed by atoms with Crippen molar-refractivity contribution >= 4 is 17.5 Å². The molecular formula is C23H20ClF3N4O. The Morgan fingerprint density at radius 2 is 1.97 bits per heavy atom. The van der Waals surface area contributed by atoms with Crippen molar-refractivity contribution in [2.45, 2.75) is 50.2 Å². The maximum atomic E-state index is 13.1. The molecule has 32 heavy (non-hydrogen) atoms. The summed E-state index contributed by atoms with van der Waals surface area (Å²) >= 11 is 5.84. The summed E-state index contributed by atoms with van der Waals surface area (Å²) in [5.74, 6) is -0.0741. The van der Waals surface area contributed by atoms with Crippen LogP contribution in [-0.2, 0) is 12.6 Å². The zero-order valence-electron chi connectivity index (χ0n) is 17.0. The fraction of sp³-hybridized carbons (Fsp3) is 0.348. The van der Waals surface area contributed by atoms with E-state index in [4.69, 9.17) is 16.7 Å². The average Bonchev–Trinajstić information content (AvgIpc) is 3.51. The van der Waals surface area contributed by atoms with Gasteiger partial charge in [0.05, 0.1) is 23.0 Å². The van der Waals surface area contributed by atoms with Gasteiger partial charge in [-0.25, -0.2) is 4.68 Å². The van der Waals surface area contributed by atoms with E-state index >= 15 is 0 Å². The fourth-order valence-electron chi connectivity index (χ4n) is 4.13. The molecular weight excluding hydrogens is 441 g/mol. The number of carbonyl (C=O) groups is 1. The smallest absolute Gasteiger partial charge is 0.345 e. The number of carbonyl (C=O) groups excluding carboxylic acids is 1. The molecule has 0 aliphatic heterocycles. The number of alkyl halides is 3. The van der Waals surface area contributed by atoms with Crippen molar-refractivity contribution < 1.29 is 18.0 Å². The second-order valence-electron chi connectivity index (χ2n) is 8.33. The summed E-state index contributed by atoms with van der Waals surface area (Å²) in [7, 11) is 0. The summed E-state index contributed by atoms with van der Waals surface area (Å²) in [4.78, 5) is 17.2. The van der Waals surface area contributed by atoms with Gasteiger partial charge in [0.2, 0.25) is 0 Å². The maximum Gasteiger partial charge on any atom is 0.416 e. The standard InChI is InChI=1S/C23H20ClF3N4O/c24-16-9-14(8-15(10-16)23(25,26)27)22(32)29-19-2-1-3-20-18(19)12-31(30-20)17-6-7-28-21(11-17)13-4-5-13/h6-13,19H,1-5H2,(H,29,32)/t19-/m0/s1. The fourth-order valence-corrected chi connectivity index (χ4v) is 4.36. The summed E-state index contributed by atoms with van der Waals surface area (Å²) in [5, 5.41) is 7.44. The van der Waals surface area contributed by atoms with Crippen molar-refractivity contribution in [3.05, 3.63) is 75.8 Å². The largest absolute Gasteiger partial charge is 0.416 e. The van der Waals surface area contributed by atoms with Gasteiger partial charge >= 0.3 is 6.18 Å². The first-order valence-corrected chi connectivity index (χ1v) is 10.9. The molecule has 9 heteroatoms. The van der Waals surface area contributed by atoms with E-state index in [9.17, 15) is 18.0 Å². The van der Waals surface area contributed by atoms with Crippen LogP contribution in [0.3, 0.4) is 0 Å². The first-order valence-electron chi connectivity index (χ1n) is 10.5. The molecule has 2 aliphatic rings. The molecule has 0 radical (unpaired) electrons. The topological polar surface area (TPSA) is 59.8 Å². The predicted molar refractivity (Wildman–Crippen MR) is 113 cm³/mol. The number of nitrogens with one attached hydrogen (secondary N) is 1. The van der Waals surface area contributed by atoms with Gasteiger partial charge in [0, 0.05) is 40.2 Å². The van der Waals surface area contributed by atoms with Crippen LogP contribution in [0, 0.1) is 0 Å². The van der Waals surface area contributed by atoms with Gasteiger partial charge < -0.3 is 5.32 Å². The number of aryl methyl sites for hydroxylation is 1. The Bertz CT molecular complexity index is 1190. The van der Waals surface area contributed by atoms with E-state index in [2.05, 4.69) is 10.3 Å². The van der Waals surface area contributed by atoms with Gasteiger partial charge in [-0.3, -0.25) is 9.78 Å². The first kappa shape index (κ1) is 21.0. The lowest BCUT2D eigenvalue weighted by molar-refractivity contribution is -0.137. The monoisotopic (exact) mass is 460 g/mol. The molecule has 0 spiro atoms. The molecule has 1 saturated carbocycles. The Balaban J connectivity index is 1.40. The van der Waals surface area contributed by atoms with Crippen LogP contribution in [0.25, 0.3) is 5.69 Å². The molecule has 2 aromatic heterocycles. The van der Waals surface area contributed by atoms with Crippen molar-refractivity contribution in [1.29, 1.82) is 0 Å². The molecule has 2 heterocycles. The van der Waals surface area contributed by atoms with Crippen molar-refractivity contribution in [2.24, 2.45) is 0 Å². The van der Waals surface area contributed by atoms with E-state index in [0.717, 1.165) is 60.5 Å². The number of aromatic nitrogens is 3. The van der Waals surface area contributed by atoms with E-state index in [-0.39, 0.29) is 16.6 Å².